The van der Waals surface area contributed by atoms with Crippen molar-refractivity contribution in [2.75, 3.05) is 24.7 Å². The molecular formula is C32H38O10S. The summed E-state index contributed by atoms with van der Waals surface area (Å²) >= 11 is 1.16. The second-order valence-corrected chi connectivity index (χ2v) is 11.8. The molecule has 0 aromatic heterocycles. The van der Waals surface area contributed by atoms with Crippen LogP contribution < -0.4 is 18.9 Å². The summed E-state index contributed by atoms with van der Waals surface area (Å²) in [4.78, 5) is 46.9. The molecule has 2 aliphatic rings. The molecule has 2 aliphatic heterocycles. The van der Waals surface area contributed by atoms with Gasteiger partial charge in [0.2, 0.25) is 0 Å². The molecule has 0 N–H and O–H groups in total. The number of hydrogen-bond acceptors (Lipinski definition) is 11. The predicted molar refractivity (Wildman–Crippen MR) is 159 cm³/mol. The first-order valence-corrected chi connectivity index (χ1v) is 15.6. The number of benzene rings is 2. The molecule has 4 rings (SSSR count). The third-order valence-corrected chi connectivity index (χ3v) is 8.33. The SMILES string of the molecule is CC(=O)Oc1ccc2c(c1)CC(CCOC(=O)CSCC(=O)OCCC1Cc3cc(OC(C)=O)ccc3OC1C)C(C)O2. The highest BCUT2D eigenvalue weighted by molar-refractivity contribution is 8.00. The average Bonchev–Trinajstić information content (AvgIpc) is 2.93. The van der Waals surface area contributed by atoms with E-state index in [0.717, 1.165) is 47.2 Å². The number of esters is 4. The molecule has 2 heterocycles. The maximum absolute atomic E-state index is 12.2. The van der Waals surface area contributed by atoms with Gasteiger partial charge in [0.25, 0.3) is 0 Å². The summed E-state index contributed by atoms with van der Waals surface area (Å²) in [6.45, 7) is 7.17. The Balaban J connectivity index is 1.10. The summed E-state index contributed by atoms with van der Waals surface area (Å²) < 4.78 is 33.1. The Morgan fingerprint density at radius 1 is 0.721 bits per heavy atom. The van der Waals surface area contributed by atoms with Crippen molar-refractivity contribution in [2.45, 2.75) is 65.6 Å². The van der Waals surface area contributed by atoms with Gasteiger partial charge in [-0.3, -0.25) is 19.2 Å². The van der Waals surface area contributed by atoms with Crippen LogP contribution in [0, 0.1) is 11.8 Å². The van der Waals surface area contributed by atoms with Gasteiger partial charge in [-0.25, -0.2) is 0 Å². The van der Waals surface area contributed by atoms with Gasteiger partial charge in [0.1, 0.15) is 23.0 Å². The maximum atomic E-state index is 12.2. The summed E-state index contributed by atoms with van der Waals surface area (Å²) in [7, 11) is 0. The number of ether oxygens (including phenoxy) is 6. The second-order valence-electron chi connectivity index (χ2n) is 10.8. The molecular weight excluding hydrogens is 576 g/mol. The van der Waals surface area contributed by atoms with E-state index in [0.29, 0.717) is 24.3 Å². The quantitative estimate of drug-likeness (QED) is 0.244. The molecule has 0 aliphatic carbocycles. The minimum Gasteiger partial charge on any atom is -0.490 e. The third-order valence-electron chi connectivity index (χ3n) is 7.45. The molecule has 2 aromatic rings. The molecule has 0 saturated carbocycles. The van der Waals surface area contributed by atoms with Crippen LogP contribution in [-0.4, -0.2) is 60.8 Å². The fourth-order valence-corrected chi connectivity index (χ4v) is 5.83. The molecule has 2 aromatic carbocycles. The highest BCUT2D eigenvalue weighted by atomic mass is 32.2. The molecule has 0 amide bonds. The summed E-state index contributed by atoms with van der Waals surface area (Å²) in [5.41, 5.74) is 1.90. The van der Waals surface area contributed by atoms with Crippen LogP contribution in [0.2, 0.25) is 0 Å². The third kappa shape index (κ3) is 9.64. The van der Waals surface area contributed by atoms with Crippen LogP contribution in [0.15, 0.2) is 36.4 Å². The Morgan fingerprint density at radius 2 is 1.14 bits per heavy atom. The lowest BCUT2D eigenvalue weighted by atomic mass is 9.89. The first-order chi connectivity index (χ1) is 20.6. The van der Waals surface area contributed by atoms with Gasteiger partial charge in [0.15, 0.2) is 0 Å². The van der Waals surface area contributed by atoms with E-state index >= 15 is 0 Å². The standard InChI is InChI=1S/C32H38O10S/c1-19-23(13-25-15-27(41-21(3)33)5-7-29(25)39-19)9-11-37-31(35)17-43-18-32(36)38-12-10-24-14-26-16-28(42-22(4)34)6-8-30(26)40-20(24)2/h5-8,15-16,19-20,23-24H,9-14,17-18H2,1-4H3. The van der Waals surface area contributed by atoms with E-state index in [1.54, 1.807) is 24.3 Å². The van der Waals surface area contributed by atoms with Gasteiger partial charge in [-0.2, -0.15) is 0 Å². The molecule has 0 bridgehead atoms. The topological polar surface area (TPSA) is 124 Å². The van der Waals surface area contributed by atoms with E-state index in [1.807, 2.05) is 26.0 Å². The van der Waals surface area contributed by atoms with Gasteiger partial charge in [-0.05, 0) is 87.1 Å². The zero-order valence-electron chi connectivity index (χ0n) is 24.9. The molecule has 232 valence electrons. The van der Waals surface area contributed by atoms with Crippen LogP contribution in [-0.2, 0) is 41.5 Å². The number of carbonyl (C=O) groups is 4. The molecule has 0 saturated heterocycles. The van der Waals surface area contributed by atoms with Crippen molar-refractivity contribution in [3.8, 4) is 23.0 Å². The highest BCUT2D eigenvalue weighted by Crippen LogP contribution is 2.36. The number of fused-ring (bicyclic) bond motifs is 2. The van der Waals surface area contributed by atoms with Crippen molar-refractivity contribution in [3.63, 3.8) is 0 Å². The molecule has 43 heavy (non-hydrogen) atoms. The van der Waals surface area contributed by atoms with Crippen molar-refractivity contribution in [1.82, 2.24) is 0 Å². The fraction of sp³-hybridized carbons (Fsp3) is 0.500. The Morgan fingerprint density at radius 3 is 1.53 bits per heavy atom. The normalized spacial score (nSPS) is 20.4. The predicted octanol–water partition coefficient (Wildman–Crippen LogP) is 4.72. The minimum absolute atomic E-state index is 0.0500. The average molecular weight is 615 g/mol. The maximum Gasteiger partial charge on any atom is 0.315 e. The van der Waals surface area contributed by atoms with Crippen molar-refractivity contribution in [2.24, 2.45) is 11.8 Å². The van der Waals surface area contributed by atoms with E-state index in [-0.39, 0.29) is 72.6 Å². The zero-order chi connectivity index (χ0) is 30.9. The lowest BCUT2D eigenvalue weighted by molar-refractivity contribution is -0.141. The second kappa shape index (κ2) is 15.1. The van der Waals surface area contributed by atoms with Crippen LogP contribution in [0.5, 0.6) is 23.0 Å². The van der Waals surface area contributed by atoms with Gasteiger partial charge in [-0.15, -0.1) is 11.8 Å². The molecule has 4 unspecified atom stereocenters. The van der Waals surface area contributed by atoms with Crippen LogP contribution in [0.4, 0.5) is 0 Å². The number of thioether (sulfide) groups is 1. The van der Waals surface area contributed by atoms with Crippen LogP contribution in [0.1, 0.15) is 51.7 Å². The van der Waals surface area contributed by atoms with Gasteiger partial charge < -0.3 is 28.4 Å². The van der Waals surface area contributed by atoms with Crippen molar-refractivity contribution >= 4 is 35.6 Å². The number of carbonyl (C=O) groups excluding carboxylic acids is 4. The van der Waals surface area contributed by atoms with Crippen LogP contribution in [0.3, 0.4) is 0 Å². The summed E-state index contributed by atoms with van der Waals surface area (Å²) in [6, 6.07) is 10.6. The summed E-state index contributed by atoms with van der Waals surface area (Å²) in [6.07, 6.45) is 2.58. The number of hydrogen-bond donors (Lipinski definition) is 0. The monoisotopic (exact) mass is 614 g/mol. The minimum atomic E-state index is -0.389. The van der Waals surface area contributed by atoms with Gasteiger partial charge in [-0.1, -0.05) is 0 Å². The molecule has 10 nitrogen and oxygen atoms in total. The Kier molecular flexibility index (Phi) is 11.3. The largest absolute Gasteiger partial charge is 0.490 e. The highest BCUT2D eigenvalue weighted by Gasteiger charge is 2.29. The van der Waals surface area contributed by atoms with Crippen molar-refractivity contribution < 1.29 is 47.6 Å². The lowest BCUT2D eigenvalue weighted by Gasteiger charge is -2.31. The van der Waals surface area contributed by atoms with E-state index in [4.69, 9.17) is 28.4 Å². The van der Waals surface area contributed by atoms with Crippen molar-refractivity contribution in [3.05, 3.63) is 47.5 Å². The fourth-order valence-electron chi connectivity index (χ4n) is 5.23. The Bertz CT molecular complexity index is 1230. The van der Waals surface area contributed by atoms with Crippen LogP contribution >= 0.6 is 11.8 Å². The van der Waals surface area contributed by atoms with E-state index < -0.39 is 0 Å². The Labute approximate surface area is 255 Å². The van der Waals surface area contributed by atoms with Gasteiger partial charge in [0, 0.05) is 25.7 Å². The first kappa shape index (κ1) is 32.2. The zero-order valence-corrected chi connectivity index (χ0v) is 25.7. The molecule has 0 spiro atoms. The molecule has 11 heteroatoms. The smallest absolute Gasteiger partial charge is 0.315 e. The van der Waals surface area contributed by atoms with E-state index in [1.165, 1.54) is 13.8 Å². The molecule has 0 fully saturated rings. The first-order valence-electron chi connectivity index (χ1n) is 14.4. The van der Waals surface area contributed by atoms with Gasteiger partial charge in [0.05, 0.1) is 36.9 Å². The molecule has 0 radical (unpaired) electrons. The lowest BCUT2D eigenvalue weighted by Crippen LogP contribution is -2.31. The summed E-state index contributed by atoms with van der Waals surface area (Å²) in [5.74, 6) is 1.32. The van der Waals surface area contributed by atoms with E-state index in [2.05, 4.69) is 0 Å². The summed E-state index contributed by atoms with van der Waals surface area (Å²) in [5, 5.41) is 0. The Hall–Kier alpha value is -3.73. The van der Waals surface area contributed by atoms with Crippen molar-refractivity contribution in [1.29, 1.82) is 0 Å². The number of rotatable bonds is 12. The van der Waals surface area contributed by atoms with Gasteiger partial charge >= 0.3 is 23.9 Å². The van der Waals surface area contributed by atoms with Crippen LogP contribution in [0.25, 0.3) is 0 Å². The van der Waals surface area contributed by atoms with E-state index in [9.17, 15) is 19.2 Å². The molecule has 4 atom stereocenters.